The summed E-state index contributed by atoms with van der Waals surface area (Å²) < 4.78 is 32.6. The molecule has 1 heterocycles. The summed E-state index contributed by atoms with van der Waals surface area (Å²) in [5.74, 6) is -0.161. The molecular weight excluding hydrogens is 456 g/mol. The number of carbonyl (C=O) groups excluding carboxylic acids is 1. The summed E-state index contributed by atoms with van der Waals surface area (Å²) in [6, 6.07) is 29.7. The van der Waals surface area contributed by atoms with Gasteiger partial charge < -0.3 is 9.64 Å². The molecular formula is C31H25F2NO2. The first-order chi connectivity index (χ1) is 17.6. The first kappa shape index (κ1) is 23.5. The number of nitrogens with zero attached hydrogens (tertiary/aromatic N) is 1. The minimum atomic E-state index is -0.345. The fourth-order valence-corrected chi connectivity index (χ4v) is 4.48. The van der Waals surface area contributed by atoms with Crippen molar-refractivity contribution in [3.05, 3.63) is 138 Å². The molecule has 0 bridgehead atoms. The molecule has 0 saturated carbocycles. The lowest BCUT2D eigenvalue weighted by molar-refractivity contribution is -0.130. The van der Waals surface area contributed by atoms with Crippen LogP contribution in [0.1, 0.15) is 29.2 Å². The van der Waals surface area contributed by atoms with Crippen LogP contribution >= 0.6 is 0 Å². The molecule has 0 spiro atoms. The van der Waals surface area contributed by atoms with Crippen LogP contribution in [0.3, 0.4) is 0 Å². The smallest absolute Gasteiger partial charge is 0.233 e. The molecule has 4 aromatic rings. The Morgan fingerprint density at radius 1 is 0.778 bits per heavy atom. The number of rotatable bonds is 8. The van der Waals surface area contributed by atoms with E-state index in [2.05, 4.69) is 0 Å². The van der Waals surface area contributed by atoms with Gasteiger partial charge in [0.15, 0.2) is 0 Å². The Hall–Kier alpha value is -4.25. The molecule has 4 aromatic carbocycles. The minimum Gasteiger partial charge on any atom is -0.489 e. The van der Waals surface area contributed by atoms with Crippen molar-refractivity contribution in [2.24, 2.45) is 5.92 Å². The van der Waals surface area contributed by atoms with Crippen molar-refractivity contribution in [2.45, 2.75) is 19.1 Å². The molecule has 0 aliphatic carbocycles. The summed E-state index contributed by atoms with van der Waals surface area (Å²) in [6.45, 7) is 0.473. The number of anilines is 1. The Bertz CT molecular complexity index is 1330. The summed E-state index contributed by atoms with van der Waals surface area (Å²) in [7, 11) is 0. The van der Waals surface area contributed by atoms with Crippen molar-refractivity contribution < 1.29 is 18.3 Å². The average Bonchev–Trinajstić information content (AvgIpc) is 2.91. The Morgan fingerprint density at radius 3 is 2.08 bits per heavy atom. The van der Waals surface area contributed by atoms with Gasteiger partial charge in [-0.05, 0) is 71.6 Å². The van der Waals surface area contributed by atoms with Crippen LogP contribution in [0.2, 0.25) is 0 Å². The molecule has 0 aromatic heterocycles. The molecule has 5 rings (SSSR count). The van der Waals surface area contributed by atoms with Gasteiger partial charge in [0, 0.05) is 5.69 Å². The van der Waals surface area contributed by atoms with Crippen molar-refractivity contribution in [1.29, 1.82) is 0 Å². The Labute approximate surface area is 209 Å². The first-order valence-electron chi connectivity index (χ1n) is 11.9. The fourth-order valence-electron chi connectivity index (χ4n) is 4.48. The predicted molar refractivity (Wildman–Crippen MR) is 137 cm³/mol. The van der Waals surface area contributed by atoms with Crippen LogP contribution in [-0.4, -0.2) is 5.91 Å². The number of allylic oxidation sites excluding steroid dienone is 1. The van der Waals surface area contributed by atoms with Crippen molar-refractivity contribution in [2.75, 3.05) is 4.90 Å². The molecule has 2 atom stereocenters. The monoisotopic (exact) mass is 481 g/mol. The lowest BCUT2D eigenvalue weighted by Crippen LogP contribution is -2.55. The second-order valence-corrected chi connectivity index (χ2v) is 8.77. The van der Waals surface area contributed by atoms with Gasteiger partial charge >= 0.3 is 0 Å². The van der Waals surface area contributed by atoms with Gasteiger partial charge in [0.2, 0.25) is 5.91 Å². The number of carbonyl (C=O) groups is 1. The third-order valence-corrected chi connectivity index (χ3v) is 6.36. The van der Waals surface area contributed by atoms with Gasteiger partial charge in [-0.25, -0.2) is 8.78 Å². The van der Waals surface area contributed by atoms with Crippen molar-refractivity contribution in [3.8, 4) is 5.75 Å². The summed E-state index contributed by atoms with van der Waals surface area (Å²) >= 11 is 0. The highest BCUT2D eigenvalue weighted by Gasteiger charge is 2.47. The fraction of sp³-hybridized carbons (Fsp3) is 0.129. The van der Waals surface area contributed by atoms with E-state index in [1.54, 1.807) is 29.2 Å². The molecule has 5 heteroatoms. The summed E-state index contributed by atoms with van der Waals surface area (Å²) in [4.78, 5) is 14.9. The lowest BCUT2D eigenvalue weighted by atomic mass is 9.79. The number of amides is 1. The molecule has 1 amide bonds. The number of hydrogen-bond acceptors (Lipinski definition) is 2. The molecule has 1 fully saturated rings. The van der Waals surface area contributed by atoms with Crippen LogP contribution < -0.4 is 9.64 Å². The zero-order valence-electron chi connectivity index (χ0n) is 19.6. The quantitative estimate of drug-likeness (QED) is 0.246. The summed E-state index contributed by atoms with van der Waals surface area (Å²) in [6.07, 6.45) is 4.37. The standard InChI is InChI=1S/C31H25F2NO2/c32-25-13-9-22(10-14-25)7-4-8-29-30(34(31(29)35)27-17-15-26(33)16-18-27)24-11-19-28(20-12-24)36-21-23-5-2-1-3-6-23/h1-7,9-20,29-30H,8,21H2/b7-4-/t29-,30-/m1/s1. The van der Waals surface area contributed by atoms with Gasteiger partial charge in [-0.15, -0.1) is 0 Å². The SMILES string of the molecule is O=C1[C@H](C/C=C\c2ccc(F)cc2)[C@@H](c2ccc(OCc3ccccc3)cc2)N1c1ccc(F)cc1. The second-order valence-electron chi connectivity index (χ2n) is 8.77. The second kappa shape index (κ2) is 10.6. The maximum absolute atomic E-state index is 13.5. The zero-order valence-corrected chi connectivity index (χ0v) is 19.6. The van der Waals surface area contributed by atoms with Gasteiger partial charge in [-0.2, -0.15) is 0 Å². The Morgan fingerprint density at radius 2 is 1.42 bits per heavy atom. The van der Waals surface area contributed by atoms with Crippen LogP contribution in [0.25, 0.3) is 6.08 Å². The van der Waals surface area contributed by atoms with E-state index < -0.39 is 0 Å². The molecule has 0 radical (unpaired) electrons. The first-order valence-corrected chi connectivity index (χ1v) is 11.9. The van der Waals surface area contributed by atoms with Crippen LogP contribution in [0, 0.1) is 17.6 Å². The highest BCUT2D eigenvalue weighted by Crippen LogP contribution is 2.45. The highest BCUT2D eigenvalue weighted by atomic mass is 19.1. The normalized spacial score (nSPS) is 17.3. The molecule has 1 aliphatic heterocycles. The maximum atomic E-state index is 13.5. The van der Waals surface area contributed by atoms with E-state index in [9.17, 15) is 13.6 Å². The Kier molecular flexibility index (Phi) is 6.89. The third-order valence-electron chi connectivity index (χ3n) is 6.36. The van der Waals surface area contributed by atoms with Crippen LogP contribution in [0.15, 0.2) is 109 Å². The molecule has 36 heavy (non-hydrogen) atoms. The van der Waals surface area contributed by atoms with E-state index in [0.717, 1.165) is 22.4 Å². The average molecular weight is 482 g/mol. The van der Waals surface area contributed by atoms with Crippen LogP contribution in [-0.2, 0) is 11.4 Å². The highest BCUT2D eigenvalue weighted by molar-refractivity contribution is 6.03. The van der Waals surface area contributed by atoms with Crippen molar-refractivity contribution >= 4 is 17.7 Å². The van der Waals surface area contributed by atoms with Gasteiger partial charge in [-0.1, -0.05) is 66.7 Å². The van der Waals surface area contributed by atoms with Gasteiger partial charge in [0.1, 0.15) is 24.0 Å². The van der Waals surface area contributed by atoms with E-state index in [1.165, 1.54) is 24.3 Å². The van der Waals surface area contributed by atoms with Crippen molar-refractivity contribution in [1.82, 2.24) is 0 Å². The third kappa shape index (κ3) is 5.20. The van der Waals surface area contributed by atoms with Crippen LogP contribution in [0.5, 0.6) is 5.75 Å². The number of halogens is 2. The molecule has 180 valence electrons. The molecule has 0 N–H and O–H groups in total. The van der Waals surface area contributed by atoms with E-state index in [1.807, 2.05) is 66.7 Å². The number of hydrogen-bond donors (Lipinski definition) is 0. The summed E-state index contributed by atoms with van der Waals surface area (Å²) in [5.41, 5.74) is 3.59. The zero-order chi connectivity index (χ0) is 24.9. The number of benzene rings is 4. The topological polar surface area (TPSA) is 29.5 Å². The van der Waals surface area contributed by atoms with E-state index >= 15 is 0 Å². The van der Waals surface area contributed by atoms with Gasteiger partial charge in [0.05, 0.1) is 12.0 Å². The predicted octanol–water partition coefficient (Wildman–Crippen LogP) is 7.35. The van der Waals surface area contributed by atoms with Gasteiger partial charge in [-0.3, -0.25) is 4.79 Å². The number of β-lactam (4-membered cyclic amide) rings is 1. The largest absolute Gasteiger partial charge is 0.489 e. The minimum absolute atomic E-state index is 0.0141. The molecule has 1 aliphatic rings. The molecule has 0 unspecified atom stereocenters. The van der Waals surface area contributed by atoms with E-state index in [4.69, 9.17) is 4.74 Å². The summed E-state index contributed by atoms with van der Waals surface area (Å²) in [5, 5.41) is 0. The Balaban J connectivity index is 1.34. The van der Waals surface area contributed by atoms with E-state index in [-0.39, 0.29) is 29.5 Å². The van der Waals surface area contributed by atoms with Crippen molar-refractivity contribution in [3.63, 3.8) is 0 Å². The lowest BCUT2D eigenvalue weighted by Gasteiger charge is -2.47. The maximum Gasteiger partial charge on any atom is 0.233 e. The molecule has 3 nitrogen and oxygen atoms in total. The molecule has 1 saturated heterocycles. The van der Waals surface area contributed by atoms with E-state index in [0.29, 0.717) is 18.7 Å². The van der Waals surface area contributed by atoms with Gasteiger partial charge in [0.25, 0.3) is 0 Å². The van der Waals surface area contributed by atoms with Crippen LogP contribution in [0.4, 0.5) is 14.5 Å². The number of ether oxygens (including phenoxy) is 1.